The van der Waals surface area contributed by atoms with Crippen molar-refractivity contribution in [3.63, 3.8) is 0 Å². The molecule has 2 aromatic rings. The summed E-state index contributed by atoms with van der Waals surface area (Å²) in [5, 5.41) is 11.5. The number of rotatable bonds is 5. The van der Waals surface area contributed by atoms with Crippen LogP contribution in [0.25, 0.3) is 16.1 Å². The van der Waals surface area contributed by atoms with Crippen LogP contribution in [-0.4, -0.2) is 22.5 Å². The lowest BCUT2D eigenvalue weighted by Crippen LogP contribution is -2.11. The minimum absolute atomic E-state index is 0.133. The van der Waals surface area contributed by atoms with E-state index in [4.69, 9.17) is 4.99 Å². The third-order valence-electron chi connectivity index (χ3n) is 6.85. The summed E-state index contributed by atoms with van der Waals surface area (Å²) in [7, 11) is 0. The van der Waals surface area contributed by atoms with Crippen LogP contribution in [0.2, 0.25) is 0 Å². The van der Waals surface area contributed by atoms with Crippen molar-refractivity contribution in [1.82, 2.24) is 10.2 Å². The van der Waals surface area contributed by atoms with E-state index in [9.17, 15) is 0 Å². The monoisotopic (exact) mass is 443 g/mol. The van der Waals surface area contributed by atoms with Crippen LogP contribution in [0.4, 0.5) is 0 Å². The number of allylic oxidation sites excluding steroid dienone is 3. The fourth-order valence-corrected chi connectivity index (χ4v) is 6.18. The first-order valence-electron chi connectivity index (χ1n) is 11.8. The first-order valence-corrected chi connectivity index (χ1v) is 12.6. The molecule has 5 rings (SSSR count). The molecule has 2 aliphatic carbocycles. The summed E-state index contributed by atoms with van der Waals surface area (Å²) in [4.78, 5) is 4.81. The summed E-state index contributed by atoms with van der Waals surface area (Å²) in [6.45, 7) is 13.7. The molecule has 2 heterocycles. The predicted octanol–water partition coefficient (Wildman–Crippen LogP) is 7.28. The molecule has 0 radical (unpaired) electrons. The molecule has 0 N–H and O–H groups in total. The van der Waals surface area contributed by atoms with Gasteiger partial charge in [0, 0.05) is 17.7 Å². The highest BCUT2D eigenvalue weighted by atomic mass is 32.1. The fourth-order valence-electron chi connectivity index (χ4n) is 5.10. The van der Waals surface area contributed by atoms with E-state index < -0.39 is 0 Å². The highest BCUT2D eigenvalue weighted by Crippen LogP contribution is 2.57. The number of nitrogens with zero attached hydrogens (tertiary/aromatic N) is 3. The number of fused-ring (bicyclic) bond motifs is 1. The quantitative estimate of drug-likeness (QED) is 0.487. The molecule has 2 unspecified atom stereocenters. The third kappa shape index (κ3) is 4.05. The predicted molar refractivity (Wildman–Crippen MR) is 136 cm³/mol. The van der Waals surface area contributed by atoms with Crippen molar-refractivity contribution < 1.29 is 0 Å². The Hall–Kier alpha value is -2.33. The topological polar surface area (TPSA) is 38.1 Å². The number of hydrogen-bond acceptors (Lipinski definition) is 4. The number of aromatic nitrogens is 2. The SMILES string of the molecule is CC1=CC2=CC=C(c3ccc(-c4nnc([C@H]5CC5C(C)(C)C)s4)c(CC(C)C)c3)C2N=C1. The standard InChI is InChI=1S/C28H33N3S/c1-16(2)11-20-13-18(21-9-8-19-12-17(3)15-29-25(19)21)7-10-22(20)26-30-31-27(32-26)23-14-24(23)28(4,5)6/h7-10,12-13,15-16,23-25H,11,14H2,1-6H3/t23-,24?,25?/m0/s1. The largest absolute Gasteiger partial charge is 0.280 e. The summed E-state index contributed by atoms with van der Waals surface area (Å²) in [5.74, 6) is 1.89. The maximum absolute atomic E-state index is 4.81. The Balaban J connectivity index is 1.44. The average Bonchev–Trinajstić information content (AvgIpc) is 3.22. The van der Waals surface area contributed by atoms with Crippen molar-refractivity contribution in [2.24, 2.45) is 22.2 Å². The van der Waals surface area contributed by atoms with Crippen molar-refractivity contribution in [3.05, 3.63) is 63.7 Å². The van der Waals surface area contributed by atoms with Gasteiger partial charge < -0.3 is 0 Å². The van der Waals surface area contributed by atoms with Crippen LogP contribution in [0.1, 0.15) is 70.0 Å². The van der Waals surface area contributed by atoms with Crippen LogP contribution in [0.15, 0.2) is 52.6 Å². The zero-order valence-corrected chi connectivity index (χ0v) is 20.8. The molecule has 0 bridgehead atoms. The molecule has 1 saturated carbocycles. The second-order valence-electron chi connectivity index (χ2n) is 11.1. The maximum atomic E-state index is 4.81. The Labute approximate surface area is 196 Å². The Morgan fingerprint density at radius 2 is 1.94 bits per heavy atom. The molecule has 166 valence electrons. The van der Waals surface area contributed by atoms with Crippen LogP contribution in [0, 0.1) is 17.3 Å². The van der Waals surface area contributed by atoms with Gasteiger partial charge in [-0.15, -0.1) is 10.2 Å². The van der Waals surface area contributed by atoms with E-state index in [0.717, 1.165) is 17.3 Å². The Kier molecular flexibility index (Phi) is 5.32. The lowest BCUT2D eigenvalue weighted by atomic mass is 9.89. The molecule has 3 atom stereocenters. The maximum Gasteiger partial charge on any atom is 0.148 e. The van der Waals surface area contributed by atoms with E-state index in [-0.39, 0.29) is 6.04 Å². The van der Waals surface area contributed by atoms with Gasteiger partial charge in [0.2, 0.25) is 0 Å². The Bertz CT molecular complexity index is 1170. The van der Waals surface area contributed by atoms with E-state index >= 15 is 0 Å². The van der Waals surface area contributed by atoms with Gasteiger partial charge in [-0.1, -0.05) is 82.4 Å². The van der Waals surface area contributed by atoms with E-state index in [1.165, 1.54) is 44.8 Å². The summed E-state index contributed by atoms with van der Waals surface area (Å²) in [6.07, 6.45) is 11.0. The molecule has 1 aliphatic heterocycles. The summed E-state index contributed by atoms with van der Waals surface area (Å²) < 4.78 is 0. The van der Waals surface area contributed by atoms with E-state index in [2.05, 4.69) is 88.2 Å². The molecule has 3 nitrogen and oxygen atoms in total. The van der Waals surface area contributed by atoms with Gasteiger partial charge in [-0.05, 0) is 64.9 Å². The molecule has 1 aromatic heterocycles. The zero-order valence-electron chi connectivity index (χ0n) is 20.0. The van der Waals surface area contributed by atoms with Crippen molar-refractivity contribution in [1.29, 1.82) is 0 Å². The average molecular weight is 444 g/mol. The molecule has 4 heteroatoms. The first-order chi connectivity index (χ1) is 15.2. The molecule has 1 aromatic carbocycles. The van der Waals surface area contributed by atoms with Gasteiger partial charge in [0.05, 0.1) is 0 Å². The Morgan fingerprint density at radius 1 is 1.12 bits per heavy atom. The normalized spacial score (nSPS) is 24.3. The molecule has 3 aliphatic rings. The van der Waals surface area contributed by atoms with Gasteiger partial charge in [-0.3, -0.25) is 4.99 Å². The number of aliphatic imine (C=N–C) groups is 1. The zero-order chi connectivity index (χ0) is 22.6. The Morgan fingerprint density at radius 3 is 2.66 bits per heavy atom. The second-order valence-corrected chi connectivity index (χ2v) is 12.1. The minimum atomic E-state index is 0.133. The van der Waals surface area contributed by atoms with Crippen molar-refractivity contribution >= 4 is 23.1 Å². The molecular formula is C28H33N3S. The summed E-state index contributed by atoms with van der Waals surface area (Å²) in [5.41, 5.74) is 8.03. The van der Waals surface area contributed by atoms with Gasteiger partial charge in [0.25, 0.3) is 0 Å². The number of dihydropyridines is 1. The van der Waals surface area contributed by atoms with Crippen LogP contribution < -0.4 is 0 Å². The molecular weight excluding hydrogens is 410 g/mol. The van der Waals surface area contributed by atoms with Gasteiger partial charge in [-0.2, -0.15) is 0 Å². The third-order valence-corrected chi connectivity index (χ3v) is 7.93. The smallest absolute Gasteiger partial charge is 0.148 e. The summed E-state index contributed by atoms with van der Waals surface area (Å²) >= 11 is 1.80. The molecule has 32 heavy (non-hydrogen) atoms. The van der Waals surface area contributed by atoms with Gasteiger partial charge >= 0.3 is 0 Å². The fraction of sp³-hybridized carbons (Fsp3) is 0.464. The van der Waals surface area contributed by atoms with Crippen LogP contribution in [-0.2, 0) is 6.42 Å². The molecule has 1 fully saturated rings. The van der Waals surface area contributed by atoms with E-state index in [1.54, 1.807) is 11.3 Å². The lowest BCUT2D eigenvalue weighted by Gasteiger charge is -2.19. The minimum Gasteiger partial charge on any atom is -0.280 e. The summed E-state index contributed by atoms with van der Waals surface area (Å²) in [6, 6.07) is 7.01. The number of benzene rings is 1. The van der Waals surface area contributed by atoms with Gasteiger partial charge in [-0.25, -0.2) is 0 Å². The van der Waals surface area contributed by atoms with Crippen molar-refractivity contribution in [2.45, 2.75) is 66.3 Å². The molecule has 0 saturated heterocycles. The highest BCUT2D eigenvalue weighted by molar-refractivity contribution is 7.14. The first kappa shape index (κ1) is 21.5. The second kappa shape index (κ2) is 7.91. The number of hydrogen-bond donors (Lipinski definition) is 0. The van der Waals surface area contributed by atoms with E-state index in [0.29, 0.717) is 17.3 Å². The van der Waals surface area contributed by atoms with Crippen LogP contribution >= 0.6 is 11.3 Å². The van der Waals surface area contributed by atoms with Crippen molar-refractivity contribution in [2.75, 3.05) is 0 Å². The van der Waals surface area contributed by atoms with Crippen LogP contribution in [0.5, 0.6) is 0 Å². The lowest BCUT2D eigenvalue weighted by molar-refractivity contribution is 0.343. The van der Waals surface area contributed by atoms with E-state index in [1.807, 2.05) is 6.21 Å². The van der Waals surface area contributed by atoms with Gasteiger partial charge in [0.15, 0.2) is 0 Å². The highest BCUT2D eigenvalue weighted by Gasteiger charge is 2.47. The van der Waals surface area contributed by atoms with Crippen LogP contribution in [0.3, 0.4) is 0 Å². The van der Waals surface area contributed by atoms with Crippen molar-refractivity contribution in [3.8, 4) is 10.6 Å². The molecule has 0 amide bonds. The van der Waals surface area contributed by atoms with Gasteiger partial charge in [0.1, 0.15) is 16.1 Å². The molecule has 0 spiro atoms.